The number of aryl methyl sites for hydroxylation is 1. The Morgan fingerprint density at radius 2 is 1.78 bits per heavy atom. The van der Waals surface area contributed by atoms with Crippen molar-refractivity contribution in [3.05, 3.63) is 64.5 Å². The molecule has 1 amide bonds. The lowest BCUT2D eigenvalue weighted by atomic mass is 9.95. The third-order valence-corrected chi connectivity index (χ3v) is 9.04. The van der Waals surface area contributed by atoms with Crippen molar-refractivity contribution < 1.29 is 13.2 Å². The predicted molar refractivity (Wildman–Crippen MR) is 131 cm³/mol. The summed E-state index contributed by atoms with van der Waals surface area (Å²) in [4.78, 5) is 19.4. The Bertz CT molecular complexity index is 1380. The van der Waals surface area contributed by atoms with Crippen molar-refractivity contribution in [2.75, 3.05) is 11.6 Å². The largest absolute Gasteiger partial charge is 0.317 e. The van der Waals surface area contributed by atoms with Crippen LogP contribution in [0.15, 0.2) is 53.4 Å². The normalized spacial score (nSPS) is 13.8. The number of amides is 1. The van der Waals surface area contributed by atoms with Gasteiger partial charge in [0.25, 0.3) is 0 Å². The van der Waals surface area contributed by atoms with E-state index in [1.165, 1.54) is 23.1 Å². The minimum atomic E-state index is -3.25. The zero-order valence-corrected chi connectivity index (χ0v) is 20.0. The molecule has 0 bridgehead atoms. The predicted octanol–water partition coefficient (Wildman–Crippen LogP) is 5.49. The van der Waals surface area contributed by atoms with Crippen molar-refractivity contribution in [1.29, 1.82) is 0 Å². The van der Waals surface area contributed by atoms with Crippen LogP contribution < -0.4 is 5.32 Å². The standard InChI is InChI=1S/C24H22N2O3S3/c1-32(28,29)16-12-10-15(11-13-16)14-21(27)26-24-22(17-6-2-4-8-19(17)30-24)23-25-18-7-3-5-9-20(18)31-23/h3,5,7,9-13H,2,4,6,8,14H2,1H3,(H,26,27). The summed E-state index contributed by atoms with van der Waals surface area (Å²) < 4.78 is 24.5. The van der Waals surface area contributed by atoms with E-state index in [9.17, 15) is 13.2 Å². The molecule has 1 aliphatic rings. The zero-order chi connectivity index (χ0) is 22.3. The highest BCUT2D eigenvalue weighted by molar-refractivity contribution is 7.90. The van der Waals surface area contributed by atoms with Crippen LogP contribution >= 0.6 is 22.7 Å². The summed E-state index contributed by atoms with van der Waals surface area (Å²) in [5.41, 5.74) is 4.16. The van der Waals surface area contributed by atoms with Gasteiger partial charge in [0.1, 0.15) is 10.0 Å². The number of nitrogens with one attached hydrogen (secondary N) is 1. The number of anilines is 1. The van der Waals surface area contributed by atoms with E-state index in [2.05, 4.69) is 11.4 Å². The van der Waals surface area contributed by atoms with Gasteiger partial charge in [-0.2, -0.15) is 0 Å². The van der Waals surface area contributed by atoms with Gasteiger partial charge in [-0.25, -0.2) is 13.4 Å². The van der Waals surface area contributed by atoms with Gasteiger partial charge in [-0.1, -0.05) is 24.3 Å². The van der Waals surface area contributed by atoms with E-state index in [1.807, 2.05) is 18.2 Å². The van der Waals surface area contributed by atoms with E-state index in [1.54, 1.807) is 46.9 Å². The molecule has 5 rings (SSSR count). The number of nitrogens with zero attached hydrogens (tertiary/aromatic N) is 1. The number of carbonyl (C=O) groups is 1. The topological polar surface area (TPSA) is 76.1 Å². The van der Waals surface area contributed by atoms with E-state index in [4.69, 9.17) is 4.98 Å². The summed E-state index contributed by atoms with van der Waals surface area (Å²) in [6, 6.07) is 14.6. The molecule has 0 spiro atoms. The quantitative estimate of drug-likeness (QED) is 0.408. The van der Waals surface area contributed by atoms with Crippen molar-refractivity contribution in [1.82, 2.24) is 4.98 Å². The Morgan fingerprint density at radius 1 is 1.03 bits per heavy atom. The fourth-order valence-electron chi connectivity index (χ4n) is 4.07. The number of carbonyl (C=O) groups excluding carboxylic acids is 1. The smallest absolute Gasteiger partial charge is 0.229 e. The Labute approximate surface area is 195 Å². The van der Waals surface area contributed by atoms with Crippen LogP contribution in [0.1, 0.15) is 28.8 Å². The maximum absolute atomic E-state index is 12.9. The molecule has 0 fully saturated rings. The van der Waals surface area contributed by atoms with Gasteiger partial charge in [-0.15, -0.1) is 22.7 Å². The molecule has 4 aromatic rings. The van der Waals surface area contributed by atoms with E-state index in [0.717, 1.165) is 50.6 Å². The number of aromatic nitrogens is 1. The van der Waals surface area contributed by atoms with Crippen molar-refractivity contribution >= 4 is 53.6 Å². The van der Waals surface area contributed by atoms with Crippen LogP contribution in [-0.4, -0.2) is 25.6 Å². The Morgan fingerprint density at radius 3 is 2.53 bits per heavy atom. The molecule has 5 nitrogen and oxygen atoms in total. The van der Waals surface area contributed by atoms with Gasteiger partial charge in [0.2, 0.25) is 5.91 Å². The first-order chi connectivity index (χ1) is 15.4. The van der Waals surface area contributed by atoms with Crippen LogP contribution in [0.4, 0.5) is 5.00 Å². The lowest BCUT2D eigenvalue weighted by molar-refractivity contribution is -0.115. The van der Waals surface area contributed by atoms with Crippen LogP contribution in [0.5, 0.6) is 0 Å². The molecule has 2 aromatic carbocycles. The molecule has 8 heteroatoms. The maximum atomic E-state index is 12.9. The second-order valence-corrected chi connectivity index (χ2v) is 12.2. The molecule has 0 aliphatic heterocycles. The monoisotopic (exact) mass is 482 g/mol. The minimum absolute atomic E-state index is 0.113. The van der Waals surface area contributed by atoms with Crippen molar-refractivity contribution in [2.24, 2.45) is 0 Å². The lowest BCUT2D eigenvalue weighted by Crippen LogP contribution is -2.14. The third kappa shape index (κ3) is 4.22. The van der Waals surface area contributed by atoms with E-state index in [-0.39, 0.29) is 17.2 Å². The van der Waals surface area contributed by atoms with Crippen LogP contribution in [-0.2, 0) is 33.9 Å². The number of hydrogen-bond acceptors (Lipinski definition) is 6. The number of rotatable bonds is 5. The molecule has 0 saturated heterocycles. The molecular weight excluding hydrogens is 460 g/mol. The number of fused-ring (bicyclic) bond motifs is 2. The fraction of sp³-hybridized carbons (Fsp3) is 0.250. The zero-order valence-electron chi connectivity index (χ0n) is 17.6. The summed E-state index contributed by atoms with van der Waals surface area (Å²) in [5, 5.41) is 4.96. The van der Waals surface area contributed by atoms with Gasteiger partial charge in [0.05, 0.1) is 21.5 Å². The first kappa shape index (κ1) is 21.3. The molecule has 164 valence electrons. The average molecular weight is 483 g/mol. The number of thiophene rings is 1. The minimum Gasteiger partial charge on any atom is -0.317 e. The van der Waals surface area contributed by atoms with Crippen molar-refractivity contribution in [3.63, 3.8) is 0 Å². The van der Waals surface area contributed by atoms with Gasteiger partial charge in [0.15, 0.2) is 9.84 Å². The molecule has 0 atom stereocenters. The van der Waals surface area contributed by atoms with E-state index < -0.39 is 9.84 Å². The van der Waals surface area contributed by atoms with Gasteiger partial charge in [0, 0.05) is 16.7 Å². The number of sulfone groups is 1. The molecule has 2 heterocycles. The average Bonchev–Trinajstić information content (AvgIpc) is 3.33. The Hall–Kier alpha value is -2.55. The summed E-state index contributed by atoms with van der Waals surface area (Å²) >= 11 is 3.33. The van der Waals surface area contributed by atoms with Gasteiger partial charge >= 0.3 is 0 Å². The highest BCUT2D eigenvalue weighted by atomic mass is 32.2. The molecule has 32 heavy (non-hydrogen) atoms. The SMILES string of the molecule is CS(=O)(=O)c1ccc(CC(=O)Nc2sc3c(c2-c2nc4ccccc4s2)CCCC3)cc1. The van der Waals surface area contributed by atoms with Gasteiger partial charge in [-0.3, -0.25) is 4.79 Å². The maximum Gasteiger partial charge on any atom is 0.229 e. The van der Waals surface area contributed by atoms with E-state index in [0.29, 0.717) is 0 Å². The van der Waals surface area contributed by atoms with Crippen LogP contribution in [0, 0.1) is 0 Å². The highest BCUT2D eigenvalue weighted by Crippen LogP contribution is 2.46. The van der Waals surface area contributed by atoms with Crippen LogP contribution in [0.25, 0.3) is 20.8 Å². The highest BCUT2D eigenvalue weighted by Gasteiger charge is 2.25. The number of hydrogen-bond donors (Lipinski definition) is 1. The molecule has 0 saturated carbocycles. The third-order valence-electron chi connectivity index (χ3n) is 5.65. The second-order valence-electron chi connectivity index (χ2n) is 8.04. The van der Waals surface area contributed by atoms with Crippen LogP contribution in [0.2, 0.25) is 0 Å². The second kappa shape index (κ2) is 8.42. The summed E-state index contributed by atoms with van der Waals surface area (Å²) in [6.07, 6.45) is 5.75. The number of thiazole rings is 1. The molecule has 0 unspecified atom stereocenters. The van der Waals surface area contributed by atoms with Crippen molar-refractivity contribution in [3.8, 4) is 10.6 Å². The van der Waals surface area contributed by atoms with Gasteiger partial charge < -0.3 is 5.32 Å². The summed E-state index contributed by atoms with van der Waals surface area (Å²) in [7, 11) is -3.25. The first-order valence-corrected chi connectivity index (χ1v) is 14.0. The fourth-order valence-corrected chi connectivity index (χ4v) is 7.12. The molecular formula is C24H22N2O3S3. The first-order valence-electron chi connectivity index (χ1n) is 10.5. The van der Waals surface area contributed by atoms with Crippen molar-refractivity contribution in [2.45, 2.75) is 37.0 Å². The molecule has 0 radical (unpaired) electrons. The molecule has 1 aliphatic carbocycles. The van der Waals surface area contributed by atoms with Gasteiger partial charge in [-0.05, 0) is 61.1 Å². The summed E-state index contributed by atoms with van der Waals surface area (Å²) in [6.45, 7) is 0. The van der Waals surface area contributed by atoms with E-state index >= 15 is 0 Å². The Balaban J connectivity index is 1.44. The number of para-hydroxylation sites is 1. The molecule has 2 aromatic heterocycles. The molecule has 1 N–H and O–H groups in total. The van der Waals surface area contributed by atoms with Crippen LogP contribution in [0.3, 0.4) is 0 Å². The Kier molecular flexibility index (Phi) is 5.61. The lowest BCUT2D eigenvalue weighted by Gasteiger charge is -2.11. The summed E-state index contributed by atoms with van der Waals surface area (Å²) in [5.74, 6) is -0.113. The number of benzene rings is 2.